The molecule has 3 N–H and O–H groups in total. The molecule has 1 saturated carbocycles. The number of carbonyl (C=O) groups excluding carboxylic acids is 1. The van der Waals surface area contributed by atoms with Crippen LogP contribution in [-0.4, -0.2) is 25.1 Å². The minimum absolute atomic E-state index is 0.0669. The molecule has 0 spiro atoms. The van der Waals surface area contributed by atoms with Crippen molar-refractivity contribution in [2.45, 2.75) is 24.9 Å². The number of rotatable bonds is 4. The number of ether oxygens (including phenoxy) is 1. The van der Waals surface area contributed by atoms with Gasteiger partial charge in [-0.05, 0) is 36.6 Å². The molecule has 1 aliphatic carbocycles. The molecule has 0 unspecified atom stereocenters. The Morgan fingerprint density at radius 2 is 2.06 bits per heavy atom. The van der Waals surface area contributed by atoms with Gasteiger partial charge in [0.2, 0.25) is 5.91 Å². The van der Waals surface area contributed by atoms with Crippen molar-refractivity contribution in [1.29, 1.82) is 0 Å². The van der Waals surface area contributed by atoms with Crippen LogP contribution in [0.2, 0.25) is 0 Å². The Labute approximate surface area is 107 Å². The SMILES string of the molecule is COc1ccc(/C=C/C(=O)NC2CC(N)C2)cc1. The molecule has 2 rings (SSSR count). The standard InChI is InChI=1S/C14H18N2O2/c1-18-13-5-2-10(3-6-13)4-7-14(17)16-12-8-11(15)9-12/h2-7,11-12H,8-9,15H2,1H3,(H,16,17)/b7-4+. The average molecular weight is 246 g/mol. The molecule has 1 aromatic carbocycles. The van der Waals surface area contributed by atoms with Crippen molar-refractivity contribution in [3.8, 4) is 5.75 Å². The van der Waals surface area contributed by atoms with Gasteiger partial charge >= 0.3 is 0 Å². The van der Waals surface area contributed by atoms with Crippen molar-refractivity contribution in [1.82, 2.24) is 5.32 Å². The van der Waals surface area contributed by atoms with Crippen LogP contribution < -0.4 is 15.8 Å². The molecule has 0 aromatic heterocycles. The minimum Gasteiger partial charge on any atom is -0.497 e. The van der Waals surface area contributed by atoms with E-state index in [1.165, 1.54) is 0 Å². The van der Waals surface area contributed by atoms with Crippen LogP contribution in [-0.2, 0) is 4.79 Å². The van der Waals surface area contributed by atoms with Crippen LogP contribution in [0.1, 0.15) is 18.4 Å². The van der Waals surface area contributed by atoms with Crippen molar-refractivity contribution >= 4 is 12.0 Å². The smallest absolute Gasteiger partial charge is 0.244 e. The van der Waals surface area contributed by atoms with E-state index < -0.39 is 0 Å². The predicted molar refractivity (Wildman–Crippen MR) is 71.2 cm³/mol. The lowest BCUT2D eigenvalue weighted by molar-refractivity contribution is -0.117. The van der Waals surface area contributed by atoms with Gasteiger partial charge in [0.15, 0.2) is 0 Å². The van der Waals surface area contributed by atoms with Gasteiger partial charge in [-0.25, -0.2) is 0 Å². The second-order valence-corrected chi connectivity index (χ2v) is 4.54. The first kappa shape index (κ1) is 12.6. The fourth-order valence-electron chi connectivity index (χ4n) is 1.92. The van der Waals surface area contributed by atoms with Crippen molar-refractivity contribution in [3.05, 3.63) is 35.9 Å². The van der Waals surface area contributed by atoms with Gasteiger partial charge in [0.1, 0.15) is 5.75 Å². The number of amides is 1. The van der Waals surface area contributed by atoms with E-state index in [4.69, 9.17) is 10.5 Å². The fraction of sp³-hybridized carbons (Fsp3) is 0.357. The molecule has 18 heavy (non-hydrogen) atoms. The monoisotopic (exact) mass is 246 g/mol. The molecule has 4 nitrogen and oxygen atoms in total. The second-order valence-electron chi connectivity index (χ2n) is 4.54. The van der Waals surface area contributed by atoms with Gasteiger partial charge in [0, 0.05) is 18.2 Å². The topological polar surface area (TPSA) is 64.3 Å². The third kappa shape index (κ3) is 3.34. The maximum absolute atomic E-state index is 11.6. The van der Waals surface area contributed by atoms with E-state index in [2.05, 4.69) is 5.32 Å². The van der Waals surface area contributed by atoms with Gasteiger partial charge in [0.05, 0.1) is 7.11 Å². The minimum atomic E-state index is -0.0669. The first-order valence-corrected chi connectivity index (χ1v) is 6.05. The number of carbonyl (C=O) groups is 1. The molecule has 1 aliphatic rings. The van der Waals surface area contributed by atoms with Crippen molar-refractivity contribution in [3.63, 3.8) is 0 Å². The lowest BCUT2D eigenvalue weighted by atomic mass is 9.88. The molecule has 0 radical (unpaired) electrons. The van der Waals surface area contributed by atoms with E-state index in [0.29, 0.717) is 0 Å². The number of benzene rings is 1. The van der Waals surface area contributed by atoms with E-state index in [0.717, 1.165) is 24.2 Å². The molecule has 1 aromatic rings. The Kier molecular flexibility index (Phi) is 3.99. The summed E-state index contributed by atoms with van der Waals surface area (Å²) in [7, 11) is 1.63. The van der Waals surface area contributed by atoms with E-state index in [-0.39, 0.29) is 18.0 Å². The summed E-state index contributed by atoms with van der Waals surface area (Å²) in [4.78, 5) is 11.6. The first-order valence-electron chi connectivity index (χ1n) is 6.05. The summed E-state index contributed by atoms with van der Waals surface area (Å²) in [6.07, 6.45) is 5.09. The van der Waals surface area contributed by atoms with Gasteiger partial charge in [0.25, 0.3) is 0 Å². The molecule has 0 atom stereocenters. The molecule has 1 amide bonds. The molecule has 4 heteroatoms. The zero-order valence-corrected chi connectivity index (χ0v) is 10.4. The second kappa shape index (κ2) is 5.69. The van der Waals surface area contributed by atoms with Crippen molar-refractivity contribution < 1.29 is 9.53 Å². The Morgan fingerprint density at radius 1 is 1.39 bits per heavy atom. The highest BCUT2D eigenvalue weighted by atomic mass is 16.5. The Bertz CT molecular complexity index is 434. The Balaban J connectivity index is 1.83. The van der Waals surface area contributed by atoms with Gasteiger partial charge in [-0.3, -0.25) is 4.79 Å². The van der Waals surface area contributed by atoms with Crippen molar-refractivity contribution in [2.24, 2.45) is 5.73 Å². The third-order valence-corrected chi connectivity index (χ3v) is 3.06. The quantitative estimate of drug-likeness (QED) is 0.787. The Hall–Kier alpha value is -1.81. The summed E-state index contributed by atoms with van der Waals surface area (Å²) in [6, 6.07) is 8.03. The average Bonchev–Trinajstić information content (AvgIpc) is 2.35. The zero-order chi connectivity index (χ0) is 13.0. The summed E-state index contributed by atoms with van der Waals surface area (Å²) < 4.78 is 5.06. The molecular formula is C14H18N2O2. The Morgan fingerprint density at radius 3 is 2.61 bits per heavy atom. The summed E-state index contributed by atoms with van der Waals surface area (Å²) in [6.45, 7) is 0. The van der Waals surface area contributed by atoms with Crippen LogP contribution in [0.25, 0.3) is 6.08 Å². The molecule has 96 valence electrons. The van der Waals surface area contributed by atoms with Crippen LogP contribution in [0.3, 0.4) is 0 Å². The van der Waals surface area contributed by atoms with E-state index in [1.54, 1.807) is 19.3 Å². The largest absolute Gasteiger partial charge is 0.497 e. The number of nitrogens with one attached hydrogen (secondary N) is 1. The van der Waals surface area contributed by atoms with E-state index in [9.17, 15) is 4.79 Å². The van der Waals surface area contributed by atoms with Gasteiger partial charge < -0.3 is 15.8 Å². The highest BCUT2D eigenvalue weighted by Gasteiger charge is 2.26. The maximum Gasteiger partial charge on any atom is 0.244 e. The van der Waals surface area contributed by atoms with E-state index >= 15 is 0 Å². The number of hydrogen-bond acceptors (Lipinski definition) is 3. The third-order valence-electron chi connectivity index (χ3n) is 3.06. The molecular weight excluding hydrogens is 228 g/mol. The molecule has 0 heterocycles. The summed E-state index contributed by atoms with van der Waals surface area (Å²) in [5.74, 6) is 0.739. The highest BCUT2D eigenvalue weighted by molar-refractivity contribution is 5.92. The van der Waals surface area contributed by atoms with Crippen LogP contribution in [0.5, 0.6) is 5.75 Å². The van der Waals surface area contributed by atoms with Crippen LogP contribution >= 0.6 is 0 Å². The summed E-state index contributed by atoms with van der Waals surface area (Å²) in [5.41, 5.74) is 6.62. The number of hydrogen-bond donors (Lipinski definition) is 2. The van der Waals surface area contributed by atoms with Crippen LogP contribution in [0.4, 0.5) is 0 Å². The lowest BCUT2D eigenvalue weighted by Crippen LogP contribution is -2.49. The zero-order valence-electron chi connectivity index (χ0n) is 10.4. The first-order chi connectivity index (χ1) is 8.67. The number of methoxy groups -OCH3 is 1. The molecule has 1 fully saturated rings. The van der Waals surface area contributed by atoms with Crippen molar-refractivity contribution in [2.75, 3.05) is 7.11 Å². The lowest BCUT2D eigenvalue weighted by Gasteiger charge is -2.32. The molecule has 0 bridgehead atoms. The summed E-state index contributed by atoms with van der Waals surface area (Å²) in [5, 5.41) is 2.91. The van der Waals surface area contributed by atoms with Gasteiger partial charge in [-0.1, -0.05) is 12.1 Å². The molecule has 0 aliphatic heterocycles. The summed E-state index contributed by atoms with van der Waals surface area (Å²) >= 11 is 0. The van der Waals surface area contributed by atoms with Crippen LogP contribution in [0, 0.1) is 0 Å². The fourth-order valence-corrected chi connectivity index (χ4v) is 1.92. The van der Waals surface area contributed by atoms with E-state index in [1.807, 2.05) is 24.3 Å². The highest BCUT2D eigenvalue weighted by Crippen LogP contribution is 2.17. The van der Waals surface area contributed by atoms with Gasteiger partial charge in [-0.15, -0.1) is 0 Å². The molecule has 0 saturated heterocycles. The van der Waals surface area contributed by atoms with Crippen LogP contribution in [0.15, 0.2) is 30.3 Å². The number of nitrogens with two attached hydrogens (primary N) is 1. The predicted octanol–water partition coefficient (Wildman–Crippen LogP) is 1.31. The maximum atomic E-state index is 11.6. The van der Waals surface area contributed by atoms with Gasteiger partial charge in [-0.2, -0.15) is 0 Å². The normalized spacial score (nSPS) is 22.6.